The quantitative estimate of drug-likeness (QED) is 0.844. The largest absolute Gasteiger partial charge is 0.369 e. The van der Waals surface area contributed by atoms with Crippen molar-refractivity contribution >= 4 is 5.91 Å². The number of aromatic nitrogens is 3. The van der Waals surface area contributed by atoms with E-state index in [2.05, 4.69) is 15.0 Å². The van der Waals surface area contributed by atoms with E-state index in [9.17, 15) is 9.18 Å². The van der Waals surface area contributed by atoms with Gasteiger partial charge in [-0.05, 0) is 6.07 Å². The van der Waals surface area contributed by atoms with Crippen molar-refractivity contribution in [2.45, 2.75) is 6.42 Å². The number of amides is 1. The fraction of sp³-hybridized carbons (Fsp3) is 0.0909. The summed E-state index contributed by atoms with van der Waals surface area (Å²) >= 11 is 0. The summed E-state index contributed by atoms with van der Waals surface area (Å²) in [7, 11) is 0. The maximum Gasteiger partial charge on any atom is 0.223 e. The van der Waals surface area contributed by atoms with Crippen LogP contribution in [0.2, 0.25) is 0 Å². The van der Waals surface area contributed by atoms with Gasteiger partial charge in [-0.3, -0.25) is 19.7 Å². The van der Waals surface area contributed by atoms with Crippen molar-refractivity contribution in [1.82, 2.24) is 15.0 Å². The average molecular weight is 232 g/mol. The first-order valence-electron chi connectivity index (χ1n) is 4.86. The third kappa shape index (κ3) is 2.60. The highest BCUT2D eigenvalue weighted by Gasteiger charge is 2.09. The van der Waals surface area contributed by atoms with E-state index >= 15 is 0 Å². The molecule has 1 amide bonds. The van der Waals surface area contributed by atoms with Crippen LogP contribution in [0.25, 0.3) is 11.3 Å². The molecule has 0 aliphatic carbocycles. The molecule has 5 nitrogen and oxygen atoms in total. The van der Waals surface area contributed by atoms with Crippen LogP contribution in [0.3, 0.4) is 0 Å². The molecule has 2 rings (SSSR count). The molecule has 0 saturated carbocycles. The van der Waals surface area contributed by atoms with Crippen LogP contribution in [-0.4, -0.2) is 20.9 Å². The minimum Gasteiger partial charge on any atom is -0.369 e. The van der Waals surface area contributed by atoms with Crippen LogP contribution in [0.5, 0.6) is 0 Å². The van der Waals surface area contributed by atoms with Crippen molar-refractivity contribution in [2.75, 3.05) is 0 Å². The van der Waals surface area contributed by atoms with Crippen LogP contribution in [-0.2, 0) is 11.2 Å². The molecule has 0 radical (unpaired) electrons. The first kappa shape index (κ1) is 11.1. The molecular formula is C11H9FN4O. The minimum atomic E-state index is -0.622. The molecule has 0 aliphatic rings. The van der Waals surface area contributed by atoms with Gasteiger partial charge in [0.2, 0.25) is 5.91 Å². The van der Waals surface area contributed by atoms with Gasteiger partial charge in [0, 0.05) is 24.2 Å². The Balaban J connectivity index is 2.34. The lowest BCUT2D eigenvalue weighted by Crippen LogP contribution is -2.15. The monoisotopic (exact) mass is 232 g/mol. The van der Waals surface area contributed by atoms with E-state index in [0.717, 1.165) is 0 Å². The van der Waals surface area contributed by atoms with Gasteiger partial charge in [0.05, 0.1) is 24.0 Å². The molecule has 86 valence electrons. The van der Waals surface area contributed by atoms with Gasteiger partial charge in [0.1, 0.15) is 5.82 Å². The van der Waals surface area contributed by atoms with Gasteiger partial charge in [0.15, 0.2) is 0 Å². The van der Waals surface area contributed by atoms with Crippen LogP contribution < -0.4 is 5.73 Å². The predicted molar refractivity (Wildman–Crippen MR) is 58.1 cm³/mol. The summed E-state index contributed by atoms with van der Waals surface area (Å²) in [5.41, 5.74) is 6.03. The SMILES string of the molecule is NC(=O)Cc1ncc(-c2cnccn2)cc1F. The fourth-order valence-electron chi connectivity index (χ4n) is 1.35. The molecule has 0 spiro atoms. The standard InChI is InChI=1S/C11H9FN4O/c12-8-3-7(10-6-14-1-2-15-10)5-16-9(8)4-11(13)17/h1-3,5-6H,4H2,(H2,13,17). The second-order valence-electron chi connectivity index (χ2n) is 3.39. The van der Waals surface area contributed by atoms with E-state index in [4.69, 9.17) is 5.73 Å². The van der Waals surface area contributed by atoms with E-state index in [1.54, 1.807) is 0 Å². The summed E-state index contributed by atoms with van der Waals surface area (Å²) < 4.78 is 13.6. The molecular weight excluding hydrogens is 223 g/mol. The molecule has 0 atom stereocenters. The van der Waals surface area contributed by atoms with E-state index in [1.165, 1.54) is 30.9 Å². The number of carbonyl (C=O) groups excluding carboxylic acids is 1. The van der Waals surface area contributed by atoms with Crippen LogP contribution in [0, 0.1) is 5.82 Å². The summed E-state index contributed by atoms with van der Waals surface area (Å²) in [5, 5.41) is 0. The van der Waals surface area contributed by atoms with E-state index in [1.807, 2.05) is 0 Å². The normalized spacial score (nSPS) is 10.2. The number of pyridine rings is 1. The second kappa shape index (κ2) is 4.65. The number of nitrogens with zero attached hydrogens (tertiary/aromatic N) is 3. The van der Waals surface area contributed by atoms with Crippen LogP contribution in [0.4, 0.5) is 4.39 Å². The molecule has 2 aromatic heterocycles. The van der Waals surface area contributed by atoms with Gasteiger partial charge < -0.3 is 5.73 Å². The Morgan fingerprint density at radius 1 is 1.29 bits per heavy atom. The van der Waals surface area contributed by atoms with E-state index < -0.39 is 11.7 Å². The molecule has 0 fully saturated rings. The molecule has 17 heavy (non-hydrogen) atoms. The first-order chi connectivity index (χ1) is 8.16. The summed E-state index contributed by atoms with van der Waals surface area (Å²) in [4.78, 5) is 22.4. The van der Waals surface area contributed by atoms with Crippen LogP contribution >= 0.6 is 0 Å². The third-order valence-corrected chi connectivity index (χ3v) is 2.12. The molecule has 2 heterocycles. The molecule has 2 aromatic rings. The van der Waals surface area contributed by atoms with Crippen molar-refractivity contribution < 1.29 is 9.18 Å². The van der Waals surface area contributed by atoms with Gasteiger partial charge in [-0.25, -0.2) is 4.39 Å². The average Bonchev–Trinajstić information content (AvgIpc) is 2.32. The fourth-order valence-corrected chi connectivity index (χ4v) is 1.35. The van der Waals surface area contributed by atoms with Gasteiger partial charge in [-0.15, -0.1) is 0 Å². The number of nitrogens with two attached hydrogens (primary N) is 1. The van der Waals surface area contributed by atoms with Crippen LogP contribution in [0.1, 0.15) is 5.69 Å². The maximum atomic E-state index is 13.6. The highest BCUT2D eigenvalue weighted by molar-refractivity contribution is 5.76. The first-order valence-corrected chi connectivity index (χ1v) is 4.86. The zero-order valence-electron chi connectivity index (χ0n) is 8.80. The lowest BCUT2D eigenvalue weighted by atomic mass is 10.1. The van der Waals surface area contributed by atoms with Crippen molar-refractivity contribution in [3.05, 3.63) is 42.4 Å². The number of rotatable bonds is 3. The van der Waals surface area contributed by atoms with Gasteiger partial charge in [-0.2, -0.15) is 0 Å². The Labute approximate surface area is 96.5 Å². The van der Waals surface area contributed by atoms with Gasteiger partial charge >= 0.3 is 0 Å². The zero-order valence-corrected chi connectivity index (χ0v) is 8.80. The topological polar surface area (TPSA) is 81.8 Å². The number of carbonyl (C=O) groups is 1. The second-order valence-corrected chi connectivity index (χ2v) is 3.39. The zero-order chi connectivity index (χ0) is 12.3. The minimum absolute atomic E-state index is 0.0325. The Kier molecular flexibility index (Phi) is 3.04. The Morgan fingerprint density at radius 2 is 2.12 bits per heavy atom. The summed E-state index contributed by atoms with van der Waals surface area (Å²) in [5.74, 6) is -1.20. The highest BCUT2D eigenvalue weighted by atomic mass is 19.1. The number of primary amides is 1. The third-order valence-electron chi connectivity index (χ3n) is 2.12. The number of hydrogen-bond acceptors (Lipinski definition) is 4. The molecule has 0 unspecified atom stereocenters. The summed E-state index contributed by atoms with van der Waals surface area (Å²) in [6.07, 6.45) is 5.75. The molecule has 0 aromatic carbocycles. The molecule has 6 heteroatoms. The van der Waals surface area contributed by atoms with E-state index in [-0.39, 0.29) is 12.1 Å². The molecule has 0 bridgehead atoms. The van der Waals surface area contributed by atoms with Crippen LogP contribution in [0.15, 0.2) is 30.9 Å². The lowest BCUT2D eigenvalue weighted by Gasteiger charge is -2.03. The Morgan fingerprint density at radius 3 is 2.71 bits per heavy atom. The lowest BCUT2D eigenvalue weighted by molar-refractivity contribution is -0.117. The van der Waals surface area contributed by atoms with Crippen molar-refractivity contribution in [3.63, 3.8) is 0 Å². The summed E-state index contributed by atoms with van der Waals surface area (Å²) in [6, 6.07) is 1.26. The smallest absolute Gasteiger partial charge is 0.223 e. The van der Waals surface area contributed by atoms with Gasteiger partial charge in [-0.1, -0.05) is 0 Å². The van der Waals surface area contributed by atoms with E-state index in [0.29, 0.717) is 11.3 Å². The number of hydrogen-bond donors (Lipinski definition) is 1. The predicted octanol–water partition coefficient (Wildman–Crippen LogP) is 0.705. The number of halogens is 1. The molecule has 0 saturated heterocycles. The van der Waals surface area contributed by atoms with Crippen molar-refractivity contribution in [1.29, 1.82) is 0 Å². The Bertz CT molecular complexity index is 544. The molecule has 2 N–H and O–H groups in total. The maximum absolute atomic E-state index is 13.6. The van der Waals surface area contributed by atoms with Crippen molar-refractivity contribution in [3.8, 4) is 11.3 Å². The molecule has 0 aliphatic heterocycles. The van der Waals surface area contributed by atoms with Gasteiger partial charge in [0.25, 0.3) is 0 Å². The van der Waals surface area contributed by atoms with Crippen molar-refractivity contribution in [2.24, 2.45) is 5.73 Å². The Hall–Kier alpha value is -2.37. The summed E-state index contributed by atoms with van der Waals surface area (Å²) in [6.45, 7) is 0. The highest BCUT2D eigenvalue weighted by Crippen LogP contribution is 2.17.